The molecule has 0 saturated heterocycles. The minimum absolute atomic E-state index is 0.409. The van der Waals surface area contributed by atoms with Crippen LogP contribution in [-0.4, -0.2) is 0 Å². The van der Waals surface area contributed by atoms with E-state index in [0.717, 1.165) is 0 Å². The lowest BCUT2D eigenvalue weighted by Crippen LogP contribution is -1.91. The van der Waals surface area contributed by atoms with Crippen LogP contribution < -0.4 is 0 Å². The lowest BCUT2D eigenvalue weighted by atomic mass is 10.1. The lowest BCUT2D eigenvalue weighted by Gasteiger charge is -2.03. The molecule has 0 heterocycles. The Bertz CT molecular complexity index is 169. The zero-order valence-corrected chi connectivity index (χ0v) is 4.50. The van der Waals surface area contributed by atoms with Crippen molar-refractivity contribution < 1.29 is 13.2 Å². The Balaban J connectivity index is 2.74. The average molecular weight is 133 g/mol. The van der Waals surface area contributed by atoms with Crippen molar-refractivity contribution in [2.24, 2.45) is 0 Å². The molecule has 0 atom stereocenters. The molecule has 1 aliphatic carbocycles. The molecule has 0 amide bonds. The van der Waals surface area contributed by atoms with Crippen molar-refractivity contribution in [3.05, 3.63) is 30.0 Å². The Morgan fingerprint density at radius 1 is 1.11 bits per heavy atom. The molecule has 0 bridgehead atoms. The standard InChI is InChI=1S/C6H4F3/c7-4-1-5(8)3-6(9)2-4/h1-2H,3H2. The summed E-state index contributed by atoms with van der Waals surface area (Å²) < 4.78 is 36.0. The van der Waals surface area contributed by atoms with Crippen LogP contribution in [0.2, 0.25) is 0 Å². The predicted molar refractivity (Wildman–Crippen MR) is 27.3 cm³/mol. The Morgan fingerprint density at radius 2 is 1.78 bits per heavy atom. The van der Waals surface area contributed by atoms with E-state index in [0.29, 0.717) is 12.2 Å². The summed E-state index contributed by atoms with van der Waals surface area (Å²) in [6.45, 7) is 0. The molecule has 0 aromatic heterocycles. The Labute approximate surface area is 50.7 Å². The smallest absolute Gasteiger partial charge is 0.176 e. The molecule has 0 nitrogen and oxygen atoms in total. The van der Waals surface area contributed by atoms with E-state index in [4.69, 9.17) is 0 Å². The molecule has 0 unspecified atom stereocenters. The van der Waals surface area contributed by atoms with Gasteiger partial charge in [-0.05, 0) is 6.08 Å². The van der Waals surface area contributed by atoms with E-state index in [9.17, 15) is 13.2 Å². The summed E-state index contributed by atoms with van der Waals surface area (Å²) >= 11 is 0. The van der Waals surface area contributed by atoms with Crippen molar-refractivity contribution in [1.29, 1.82) is 0 Å². The Kier molecular flexibility index (Phi) is 1.60. The summed E-state index contributed by atoms with van der Waals surface area (Å²) in [5.74, 6) is -1.64. The highest BCUT2D eigenvalue weighted by Crippen LogP contribution is 2.26. The van der Waals surface area contributed by atoms with Crippen LogP contribution >= 0.6 is 0 Å². The number of hydrogen-bond acceptors (Lipinski definition) is 0. The lowest BCUT2D eigenvalue weighted by molar-refractivity contribution is 0.462. The van der Waals surface area contributed by atoms with Gasteiger partial charge in [0.15, 0.2) is 6.17 Å². The molecule has 9 heavy (non-hydrogen) atoms. The van der Waals surface area contributed by atoms with E-state index < -0.39 is 24.2 Å². The van der Waals surface area contributed by atoms with E-state index in [1.165, 1.54) is 0 Å². The second-order valence-corrected chi connectivity index (χ2v) is 1.74. The van der Waals surface area contributed by atoms with Gasteiger partial charge in [0, 0.05) is 12.5 Å². The van der Waals surface area contributed by atoms with Gasteiger partial charge < -0.3 is 0 Å². The SMILES string of the molecule is F[C]1C=C(F)C=C(F)C1. The molecule has 0 spiro atoms. The van der Waals surface area contributed by atoms with Gasteiger partial charge in [-0.25, -0.2) is 13.2 Å². The van der Waals surface area contributed by atoms with Crippen LogP contribution in [0.5, 0.6) is 0 Å². The molecule has 0 aliphatic heterocycles. The van der Waals surface area contributed by atoms with E-state index in [-0.39, 0.29) is 0 Å². The summed E-state index contributed by atoms with van der Waals surface area (Å²) in [4.78, 5) is 0. The third-order valence-corrected chi connectivity index (χ3v) is 0.927. The Hall–Kier alpha value is -0.730. The summed E-state index contributed by atoms with van der Waals surface area (Å²) in [7, 11) is 0. The van der Waals surface area contributed by atoms with Crippen molar-refractivity contribution in [2.45, 2.75) is 6.42 Å². The maximum atomic E-state index is 12.0. The first-order valence-corrected chi connectivity index (χ1v) is 2.43. The molecule has 0 aromatic rings. The quantitative estimate of drug-likeness (QED) is 0.476. The third kappa shape index (κ3) is 1.59. The highest BCUT2D eigenvalue weighted by atomic mass is 19.2. The molecule has 0 fully saturated rings. The van der Waals surface area contributed by atoms with Gasteiger partial charge in [-0.1, -0.05) is 0 Å². The zero-order chi connectivity index (χ0) is 6.85. The Morgan fingerprint density at radius 3 is 2.22 bits per heavy atom. The van der Waals surface area contributed by atoms with Crippen LogP contribution in [0, 0.1) is 6.17 Å². The fraction of sp³-hybridized carbons (Fsp3) is 0.167. The number of hydrogen-bond donors (Lipinski definition) is 0. The first-order valence-electron chi connectivity index (χ1n) is 2.43. The van der Waals surface area contributed by atoms with Crippen molar-refractivity contribution in [3.8, 4) is 0 Å². The maximum absolute atomic E-state index is 12.0. The van der Waals surface area contributed by atoms with Crippen LogP contribution in [0.3, 0.4) is 0 Å². The molecule has 0 aromatic carbocycles. The monoisotopic (exact) mass is 133 g/mol. The highest BCUT2D eigenvalue weighted by molar-refractivity contribution is 5.27. The summed E-state index contributed by atoms with van der Waals surface area (Å²) in [5.41, 5.74) is 0. The first kappa shape index (κ1) is 6.39. The van der Waals surface area contributed by atoms with Gasteiger partial charge in [0.1, 0.15) is 11.7 Å². The van der Waals surface area contributed by atoms with Crippen LogP contribution in [0.25, 0.3) is 0 Å². The minimum atomic E-state index is -0.865. The molecular formula is C6H4F3. The summed E-state index contributed by atoms with van der Waals surface area (Å²) in [6.07, 6.45) is 0.159. The molecule has 49 valence electrons. The van der Waals surface area contributed by atoms with Crippen molar-refractivity contribution in [2.75, 3.05) is 0 Å². The summed E-state index contributed by atoms with van der Waals surface area (Å²) in [5, 5.41) is 0. The first-order chi connectivity index (χ1) is 4.18. The van der Waals surface area contributed by atoms with E-state index in [1.807, 2.05) is 0 Å². The second kappa shape index (κ2) is 2.25. The molecule has 1 rings (SSSR count). The number of allylic oxidation sites excluding steroid dienone is 4. The van der Waals surface area contributed by atoms with Gasteiger partial charge in [0.2, 0.25) is 0 Å². The molecule has 1 aliphatic rings. The van der Waals surface area contributed by atoms with Gasteiger partial charge in [0.25, 0.3) is 0 Å². The van der Waals surface area contributed by atoms with Crippen LogP contribution in [0.15, 0.2) is 23.8 Å². The molecule has 3 heteroatoms. The van der Waals surface area contributed by atoms with Crippen LogP contribution in [-0.2, 0) is 0 Å². The number of halogens is 3. The highest BCUT2D eigenvalue weighted by Gasteiger charge is 2.14. The van der Waals surface area contributed by atoms with Gasteiger partial charge in [-0.15, -0.1) is 0 Å². The maximum Gasteiger partial charge on any atom is 0.176 e. The topological polar surface area (TPSA) is 0 Å². The predicted octanol–water partition coefficient (Wildman–Crippen LogP) is 2.60. The van der Waals surface area contributed by atoms with Crippen LogP contribution in [0.4, 0.5) is 13.2 Å². The van der Waals surface area contributed by atoms with E-state index in [2.05, 4.69) is 0 Å². The molecule has 1 radical (unpaired) electrons. The normalized spacial score (nSPS) is 21.2. The molecular weight excluding hydrogens is 129 g/mol. The molecule has 0 saturated carbocycles. The van der Waals surface area contributed by atoms with Crippen molar-refractivity contribution in [1.82, 2.24) is 0 Å². The van der Waals surface area contributed by atoms with E-state index >= 15 is 0 Å². The van der Waals surface area contributed by atoms with Crippen LogP contribution in [0.1, 0.15) is 6.42 Å². The third-order valence-electron chi connectivity index (χ3n) is 0.927. The summed E-state index contributed by atoms with van der Waals surface area (Å²) in [6, 6.07) is 0. The zero-order valence-electron chi connectivity index (χ0n) is 4.50. The van der Waals surface area contributed by atoms with Crippen molar-refractivity contribution in [3.63, 3.8) is 0 Å². The van der Waals surface area contributed by atoms with Gasteiger partial charge in [-0.2, -0.15) is 0 Å². The molecule has 0 N–H and O–H groups in total. The van der Waals surface area contributed by atoms with E-state index in [1.54, 1.807) is 0 Å². The van der Waals surface area contributed by atoms with Gasteiger partial charge >= 0.3 is 0 Å². The van der Waals surface area contributed by atoms with Crippen molar-refractivity contribution >= 4 is 0 Å². The number of rotatable bonds is 0. The minimum Gasteiger partial charge on any atom is -0.235 e. The fourth-order valence-corrected chi connectivity index (χ4v) is 0.604. The average Bonchev–Trinajstić information content (AvgIpc) is 1.59. The fourth-order valence-electron chi connectivity index (χ4n) is 0.604. The van der Waals surface area contributed by atoms with Gasteiger partial charge in [-0.3, -0.25) is 0 Å². The largest absolute Gasteiger partial charge is 0.235 e. The second-order valence-electron chi connectivity index (χ2n) is 1.74. The van der Waals surface area contributed by atoms with Gasteiger partial charge in [0.05, 0.1) is 0 Å².